The number of halogens is 1. The van der Waals surface area contributed by atoms with Crippen LogP contribution in [0.25, 0.3) is 6.08 Å². The van der Waals surface area contributed by atoms with Gasteiger partial charge in [0.2, 0.25) is 15.9 Å². The molecular formula is C21H23BrN2O3S. The van der Waals surface area contributed by atoms with Gasteiger partial charge in [0, 0.05) is 28.2 Å². The standard InChI is InChI=1S/C21H23BrN2O3S/c1-28(26,27)24-19-9-6-16(7-10-19)8-11-20(25)23-15-21(12-3-13-21)17-4-2-5-18(22)14-17/h2,4-11,14,24H,3,12-13,15H2,1H3,(H,23,25). The molecule has 2 aromatic rings. The van der Waals surface area contributed by atoms with Gasteiger partial charge in [-0.15, -0.1) is 0 Å². The van der Waals surface area contributed by atoms with E-state index >= 15 is 0 Å². The summed E-state index contributed by atoms with van der Waals surface area (Å²) in [5.74, 6) is -0.139. The number of benzene rings is 2. The number of nitrogens with one attached hydrogen (secondary N) is 2. The van der Waals surface area contributed by atoms with Crippen LogP contribution in [0.5, 0.6) is 0 Å². The quantitative estimate of drug-likeness (QED) is 0.608. The van der Waals surface area contributed by atoms with Gasteiger partial charge in [0.25, 0.3) is 0 Å². The highest BCUT2D eigenvalue weighted by molar-refractivity contribution is 9.10. The molecule has 1 amide bonds. The molecule has 0 heterocycles. The second-order valence-electron chi connectivity index (χ2n) is 7.19. The minimum absolute atomic E-state index is 0.0201. The predicted molar refractivity (Wildman–Crippen MR) is 117 cm³/mol. The fourth-order valence-electron chi connectivity index (χ4n) is 3.35. The fourth-order valence-corrected chi connectivity index (χ4v) is 4.32. The summed E-state index contributed by atoms with van der Waals surface area (Å²) < 4.78 is 25.9. The highest BCUT2D eigenvalue weighted by Gasteiger charge is 2.38. The lowest BCUT2D eigenvalue weighted by Gasteiger charge is -2.42. The molecule has 0 aromatic heterocycles. The SMILES string of the molecule is CS(=O)(=O)Nc1ccc(C=CC(=O)NCC2(c3cccc(Br)c3)CCC2)cc1. The minimum Gasteiger partial charge on any atom is -0.352 e. The van der Waals surface area contributed by atoms with Gasteiger partial charge in [0.15, 0.2) is 0 Å². The molecule has 7 heteroatoms. The average Bonchev–Trinajstić information content (AvgIpc) is 2.59. The van der Waals surface area contributed by atoms with Gasteiger partial charge >= 0.3 is 0 Å². The van der Waals surface area contributed by atoms with E-state index in [4.69, 9.17) is 0 Å². The molecule has 1 fully saturated rings. The van der Waals surface area contributed by atoms with Crippen LogP contribution in [0.15, 0.2) is 59.1 Å². The summed E-state index contributed by atoms with van der Waals surface area (Å²) in [5.41, 5.74) is 2.59. The van der Waals surface area contributed by atoms with Crippen molar-refractivity contribution in [2.24, 2.45) is 0 Å². The van der Waals surface area contributed by atoms with Crippen molar-refractivity contribution in [1.82, 2.24) is 5.32 Å². The summed E-state index contributed by atoms with van der Waals surface area (Å²) in [6.07, 6.45) is 7.64. The van der Waals surface area contributed by atoms with Crippen LogP contribution < -0.4 is 10.0 Å². The molecule has 5 nitrogen and oxygen atoms in total. The monoisotopic (exact) mass is 462 g/mol. The van der Waals surface area contributed by atoms with Crippen molar-refractivity contribution < 1.29 is 13.2 Å². The molecule has 0 atom stereocenters. The number of hydrogen-bond acceptors (Lipinski definition) is 3. The number of anilines is 1. The van der Waals surface area contributed by atoms with E-state index in [-0.39, 0.29) is 11.3 Å². The summed E-state index contributed by atoms with van der Waals surface area (Å²) in [7, 11) is -3.29. The van der Waals surface area contributed by atoms with E-state index in [1.807, 2.05) is 12.1 Å². The molecule has 2 N–H and O–H groups in total. The molecule has 0 radical (unpaired) electrons. The number of carbonyl (C=O) groups is 1. The van der Waals surface area contributed by atoms with Gasteiger partial charge in [-0.05, 0) is 54.3 Å². The molecule has 1 aliphatic rings. The Morgan fingerprint density at radius 1 is 1.18 bits per heavy atom. The third kappa shape index (κ3) is 5.45. The maximum atomic E-state index is 12.3. The van der Waals surface area contributed by atoms with E-state index in [0.29, 0.717) is 12.2 Å². The zero-order chi connectivity index (χ0) is 20.2. The lowest BCUT2D eigenvalue weighted by molar-refractivity contribution is -0.116. The van der Waals surface area contributed by atoms with Gasteiger partial charge in [-0.2, -0.15) is 0 Å². The number of hydrogen-bond donors (Lipinski definition) is 2. The topological polar surface area (TPSA) is 75.3 Å². The normalized spacial score (nSPS) is 15.8. The Labute approximate surface area is 174 Å². The zero-order valence-corrected chi connectivity index (χ0v) is 18.0. The van der Waals surface area contributed by atoms with Crippen LogP contribution in [0.3, 0.4) is 0 Å². The van der Waals surface area contributed by atoms with Crippen molar-refractivity contribution in [3.05, 3.63) is 70.2 Å². The summed E-state index contributed by atoms with van der Waals surface area (Å²) in [5, 5.41) is 3.02. The van der Waals surface area contributed by atoms with Gasteiger partial charge in [0.1, 0.15) is 0 Å². The second-order valence-corrected chi connectivity index (χ2v) is 9.86. The Morgan fingerprint density at radius 3 is 2.46 bits per heavy atom. The maximum absolute atomic E-state index is 12.3. The first-order chi connectivity index (χ1) is 13.3. The van der Waals surface area contributed by atoms with E-state index in [1.54, 1.807) is 30.3 Å². The van der Waals surface area contributed by atoms with Crippen LogP contribution in [0.2, 0.25) is 0 Å². The largest absolute Gasteiger partial charge is 0.352 e. The van der Waals surface area contributed by atoms with Crippen molar-refractivity contribution in [3.8, 4) is 0 Å². The van der Waals surface area contributed by atoms with Crippen LogP contribution >= 0.6 is 15.9 Å². The van der Waals surface area contributed by atoms with Crippen molar-refractivity contribution in [3.63, 3.8) is 0 Å². The molecule has 28 heavy (non-hydrogen) atoms. The average molecular weight is 463 g/mol. The molecule has 0 saturated heterocycles. The first-order valence-corrected chi connectivity index (χ1v) is 11.7. The Morgan fingerprint density at radius 2 is 1.89 bits per heavy atom. The van der Waals surface area contributed by atoms with Crippen LogP contribution in [-0.2, 0) is 20.2 Å². The second kappa shape index (κ2) is 8.49. The lowest BCUT2D eigenvalue weighted by atomic mass is 9.64. The van der Waals surface area contributed by atoms with Crippen molar-refractivity contribution in [2.45, 2.75) is 24.7 Å². The lowest BCUT2D eigenvalue weighted by Crippen LogP contribution is -2.45. The molecule has 0 bridgehead atoms. The number of carbonyl (C=O) groups excluding carboxylic acids is 1. The third-order valence-corrected chi connectivity index (χ3v) is 6.09. The zero-order valence-electron chi connectivity index (χ0n) is 15.6. The summed E-state index contributed by atoms with van der Waals surface area (Å²) >= 11 is 3.52. The molecule has 2 aromatic carbocycles. The Kier molecular flexibility index (Phi) is 6.25. The van der Waals surface area contributed by atoms with Crippen molar-refractivity contribution in [2.75, 3.05) is 17.5 Å². The minimum atomic E-state index is -3.29. The molecule has 0 spiro atoms. The summed E-state index contributed by atoms with van der Waals surface area (Å²) in [4.78, 5) is 12.3. The Balaban J connectivity index is 1.58. The van der Waals surface area contributed by atoms with E-state index < -0.39 is 10.0 Å². The van der Waals surface area contributed by atoms with E-state index in [1.165, 1.54) is 18.1 Å². The molecule has 0 unspecified atom stereocenters. The molecule has 1 saturated carbocycles. The van der Waals surface area contributed by atoms with E-state index in [9.17, 15) is 13.2 Å². The van der Waals surface area contributed by atoms with E-state index in [0.717, 1.165) is 29.1 Å². The van der Waals surface area contributed by atoms with Gasteiger partial charge in [-0.25, -0.2) is 8.42 Å². The number of rotatable bonds is 7. The molecule has 0 aliphatic heterocycles. The summed E-state index contributed by atoms with van der Waals surface area (Å²) in [6.45, 7) is 0.615. The van der Waals surface area contributed by atoms with Crippen molar-refractivity contribution >= 4 is 43.6 Å². The Hall–Kier alpha value is -2.12. The van der Waals surface area contributed by atoms with Crippen LogP contribution in [-0.4, -0.2) is 27.1 Å². The summed E-state index contributed by atoms with van der Waals surface area (Å²) in [6, 6.07) is 15.1. The number of amides is 1. The van der Waals surface area contributed by atoms with Gasteiger partial charge in [-0.1, -0.05) is 46.6 Å². The molecule has 3 rings (SSSR count). The van der Waals surface area contributed by atoms with Gasteiger partial charge < -0.3 is 5.32 Å². The highest BCUT2D eigenvalue weighted by Crippen LogP contribution is 2.43. The van der Waals surface area contributed by atoms with Gasteiger partial charge in [0.05, 0.1) is 6.26 Å². The smallest absolute Gasteiger partial charge is 0.244 e. The third-order valence-electron chi connectivity index (χ3n) is 4.99. The first-order valence-electron chi connectivity index (χ1n) is 9.06. The van der Waals surface area contributed by atoms with Crippen LogP contribution in [0.4, 0.5) is 5.69 Å². The highest BCUT2D eigenvalue weighted by atomic mass is 79.9. The molecule has 1 aliphatic carbocycles. The van der Waals surface area contributed by atoms with Crippen LogP contribution in [0.1, 0.15) is 30.4 Å². The Bertz CT molecular complexity index is 981. The predicted octanol–water partition coefficient (Wildman–Crippen LogP) is 4.07. The molecular weight excluding hydrogens is 440 g/mol. The molecule has 148 valence electrons. The van der Waals surface area contributed by atoms with Gasteiger partial charge in [-0.3, -0.25) is 9.52 Å². The van der Waals surface area contributed by atoms with Crippen LogP contribution in [0, 0.1) is 0 Å². The number of sulfonamides is 1. The maximum Gasteiger partial charge on any atom is 0.244 e. The first kappa shape index (κ1) is 20.6. The van der Waals surface area contributed by atoms with E-state index in [2.05, 4.69) is 38.1 Å². The fraction of sp³-hybridized carbons (Fsp3) is 0.286. The van der Waals surface area contributed by atoms with Crippen molar-refractivity contribution in [1.29, 1.82) is 0 Å².